The second-order valence-electron chi connectivity index (χ2n) is 7.29. The minimum atomic E-state index is 0.102. The Morgan fingerprint density at radius 2 is 0.938 bits per heavy atom. The van der Waals surface area contributed by atoms with Crippen molar-refractivity contribution in [1.82, 2.24) is 0 Å². The first-order valence-electron chi connectivity index (χ1n) is 10.9. The lowest BCUT2D eigenvalue weighted by molar-refractivity contribution is 0.294. The monoisotopic (exact) mass is 700 g/mol. The van der Waals surface area contributed by atoms with E-state index in [0.29, 0.717) is 8.95 Å². The predicted octanol–water partition coefficient (Wildman–Crippen LogP) is 9.75. The number of rotatable bonds is 12. The van der Waals surface area contributed by atoms with Crippen molar-refractivity contribution in [1.29, 1.82) is 0 Å². The van der Waals surface area contributed by atoms with Gasteiger partial charge in [0.15, 0.2) is 0 Å². The molecule has 0 aliphatic heterocycles. The van der Waals surface area contributed by atoms with Crippen LogP contribution in [0.5, 0.6) is 23.0 Å². The molecule has 0 aliphatic carbocycles. The molecule has 0 fully saturated rings. The molecule has 32 heavy (non-hydrogen) atoms. The van der Waals surface area contributed by atoms with Crippen molar-refractivity contribution in [3.05, 3.63) is 42.2 Å². The second-order valence-corrected chi connectivity index (χ2v) is 10.7. The van der Waals surface area contributed by atoms with Crippen LogP contribution >= 0.6 is 63.7 Å². The van der Waals surface area contributed by atoms with Crippen LogP contribution in [-0.2, 0) is 0 Å². The average molecular weight is 704 g/mol. The van der Waals surface area contributed by atoms with Crippen LogP contribution in [0, 0.1) is 0 Å². The summed E-state index contributed by atoms with van der Waals surface area (Å²) in [6, 6.07) is 6.81. The van der Waals surface area contributed by atoms with Crippen LogP contribution in [0.4, 0.5) is 0 Å². The number of unbranched alkanes of at least 4 members (excludes halogenated alkanes) is 6. The lowest BCUT2D eigenvalue weighted by Crippen LogP contribution is -2.01. The molecular weight excluding hydrogens is 672 g/mol. The van der Waals surface area contributed by atoms with Crippen LogP contribution in [-0.4, -0.2) is 23.4 Å². The van der Waals surface area contributed by atoms with Gasteiger partial charge in [-0.2, -0.15) is 0 Å². The Bertz CT molecular complexity index is 725. The lowest BCUT2D eigenvalue weighted by atomic mass is 10.2. The zero-order chi connectivity index (χ0) is 23.9. The molecule has 0 atom stereocenters. The SMILES string of the molecule is CCCCCCOc1cc(Br)c(OCCCCCC)cc1Br.Oc1cc(Br)c(O)cc1Br. The van der Waals surface area contributed by atoms with E-state index in [1.54, 1.807) is 0 Å². The summed E-state index contributed by atoms with van der Waals surface area (Å²) in [6.45, 7) is 5.97. The summed E-state index contributed by atoms with van der Waals surface area (Å²) in [5, 5.41) is 18.1. The van der Waals surface area contributed by atoms with E-state index in [1.807, 2.05) is 12.1 Å². The average Bonchev–Trinajstić information content (AvgIpc) is 2.75. The normalized spacial score (nSPS) is 10.4. The van der Waals surface area contributed by atoms with E-state index in [2.05, 4.69) is 77.6 Å². The van der Waals surface area contributed by atoms with Crippen LogP contribution in [0.25, 0.3) is 0 Å². The molecule has 0 aromatic heterocycles. The third kappa shape index (κ3) is 11.6. The van der Waals surface area contributed by atoms with Crippen LogP contribution in [0.2, 0.25) is 0 Å². The van der Waals surface area contributed by atoms with Gasteiger partial charge in [0.1, 0.15) is 23.0 Å². The summed E-state index contributed by atoms with van der Waals surface area (Å²) in [7, 11) is 0. The third-order valence-corrected chi connectivity index (χ3v) is 7.02. The Morgan fingerprint density at radius 3 is 1.28 bits per heavy atom. The van der Waals surface area contributed by atoms with Crippen molar-refractivity contribution in [3.63, 3.8) is 0 Å². The van der Waals surface area contributed by atoms with E-state index in [1.165, 1.54) is 50.7 Å². The highest BCUT2D eigenvalue weighted by Gasteiger charge is 2.09. The van der Waals surface area contributed by atoms with Crippen molar-refractivity contribution < 1.29 is 19.7 Å². The van der Waals surface area contributed by atoms with Crippen molar-refractivity contribution in [2.24, 2.45) is 0 Å². The zero-order valence-electron chi connectivity index (χ0n) is 18.6. The molecule has 0 amide bonds. The number of halogens is 4. The number of ether oxygens (including phenoxy) is 2. The van der Waals surface area contributed by atoms with E-state index >= 15 is 0 Å². The number of phenolic OH excluding ortho intramolecular Hbond substituents is 2. The molecule has 2 rings (SSSR count). The number of hydrogen-bond acceptors (Lipinski definition) is 4. The van der Waals surface area contributed by atoms with E-state index in [9.17, 15) is 0 Å². The maximum atomic E-state index is 9.04. The Labute approximate surface area is 225 Å². The molecule has 2 aromatic rings. The van der Waals surface area contributed by atoms with Gasteiger partial charge in [-0.1, -0.05) is 52.4 Å². The van der Waals surface area contributed by atoms with Crippen molar-refractivity contribution >= 4 is 63.7 Å². The smallest absolute Gasteiger partial charge is 0.134 e. The zero-order valence-corrected chi connectivity index (χ0v) is 24.9. The van der Waals surface area contributed by atoms with Gasteiger partial charge >= 0.3 is 0 Å². The van der Waals surface area contributed by atoms with Crippen molar-refractivity contribution in [3.8, 4) is 23.0 Å². The Kier molecular flexibility index (Phi) is 15.8. The fourth-order valence-electron chi connectivity index (χ4n) is 2.68. The largest absolute Gasteiger partial charge is 0.507 e. The van der Waals surface area contributed by atoms with Gasteiger partial charge in [0.2, 0.25) is 0 Å². The predicted molar refractivity (Wildman–Crippen MR) is 146 cm³/mol. The minimum Gasteiger partial charge on any atom is -0.507 e. The standard InChI is InChI=1S/C18H28Br2O2.C6H4Br2O2/c1-3-5-7-9-11-21-17-13-16(20)18(14-15(17)19)22-12-10-8-6-4-2;7-3-1-5(9)4(8)2-6(3)10/h13-14H,3-12H2,1-2H3;1-2,9-10H. The first kappa shape index (κ1) is 29.6. The molecule has 0 unspecified atom stereocenters. The van der Waals surface area contributed by atoms with Gasteiger partial charge in [-0.3, -0.25) is 0 Å². The van der Waals surface area contributed by atoms with Gasteiger partial charge in [0.25, 0.3) is 0 Å². The Hall–Kier alpha value is -0.440. The molecule has 0 saturated carbocycles. The maximum Gasteiger partial charge on any atom is 0.134 e. The van der Waals surface area contributed by atoms with Crippen molar-refractivity contribution in [2.45, 2.75) is 65.2 Å². The first-order valence-corrected chi connectivity index (χ1v) is 14.1. The number of aromatic hydroxyl groups is 2. The van der Waals surface area contributed by atoms with Gasteiger partial charge in [-0.15, -0.1) is 0 Å². The van der Waals surface area contributed by atoms with Crippen LogP contribution < -0.4 is 9.47 Å². The molecule has 0 aliphatic rings. The summed E-state index contributed by atoms with van der Waals surface area (Å²) < 4.78 is 14.6. The number of phenols is 2. The first-order chi connectivity index (χ1) is 15.3. The third-order valence-electron chi connectivity index (χ3n) is 4.51. The topological polar surface area (TPSA) is 58.9 Å². The summed E-state index contributed by atoms with van der Waals surface area (Å²) in [5.41, 5.74) is 0. The molecule has 0 heterocycles. The van der Waals surface area contributed by atoms with Gasteiger partial charge < -0.3 is 19.7 Å². The number of hydrogen-bond donors (Lipinski definition) is 2. The highest BCUT2D eigenvalue weighted by Crippen LogP contribution is 2.36. The fraction of sp³-hybridized carbons (Fsp3) is 0.500. The van der Waals surface area contributed by atoms with Gasteiger partial charge in [-0.05, 0) is 101 Å². The summed E-state index contributed by atoms with van der Waals surface area (Å²) in [6.07, 6.45) is 9.72. The fourth-order valence-corrected chi connectivity index (χ4v) is 4.22. The van der Waals surface area contributed by atoms with E-state index < -0.39 is 0 Å². The molecule has 2 N–H and O–H groups in total. The van der Waals surface area contributed by atoms with E-state index in [0.717, 1.165) is 46.5 Å². The molecule has 4 nitrogen and oxygen atoms in total. The molecule has 0 radical (unpaired) electrons. The molecular formula is C24H32Br4O4. The van der Waals surface area contributed by atoms with Gasteiger partial charge in [0.05, 0.1) is 31.1 Å². The summed E-state index contributed by atoms with van der Waals surface area (Å²) in [5.74, 6) is 1.96. The quantitative estimate of drug-likeness (QED) is 0.171. The van der Waals surface area contributed by atoms with Crippen molar-refractivity contribution in [2.75, 3.05) is 13.2 Å². The van der Waals surface area contributed by atoms with E-state index in [4.69, 9.17) is 19.7 Å². The summed E-state index contributed by atoms with van der Waals surface area (Å²) >= 11 is 13.2. The lowest BCUT2D eigenvalue weighted by Gasteiger charge is -2.13. The highest BCUT2D eigenvalue weighted by atomic mass is 79.9. The van der Waals surface area contributed by atoms with E-state index in [-0.39, 0.29) is 11.5 Å². The maximum absolute atomic E-state index is 9.04. The molecule has 8 heteroatoms. The van der Waals surface area contributed by atoms with Crippen LogP contribution in [0.1, 0.15) is 65.2 Å². The van der Waals surface area contributed by atoms with Crippen LogP contribution in [0.3, 0.4) is 0 Å². The molecule has 180 valence electrons. The molecule has 2 aromatic carbocycles. The summed E-state index contributed by atoms with van der Waals surface area (Å²) in [4.78, 5) is 0. The molecule has 0 spiro atoms. The molecule has 0 bridgehead atoms. The van der Waals surface area contributed by atoms with Crippen LogP contribution in [0.15, 0.2) is 42.2 Å². The molecule has 0 saturated heterocycles. The highest BCUT2D eigenvalue weighted by molar-refractivity contribution is 9.11. The second kappa shape index (κ2) is 17.1. The number of benzene rings is 2. The Morgan fingerprint density at radius 1 is 0.562 bits per heavy atom. The van der Waals surface area contributed by atoms with Gasteiger partial charge in [-0.25, -0.2) is 0 Å². The van der Waals surface area contributed by atoms with Gasteiger partial charge in [0, 0.05) is 0 Å². The minimum absolute atomic E-state index is 0.102. The Balaban J connectivity index is 0.000000425.